The Kier molecular flexibility index (Phi) is 3.93. The number of hydrogen-bond donors (Lipinski definition) is 0. The molecule has 0 radical (unpaired) electrons. The van der Waals surface area contributed by atoms with Gasteiger partial charge in [0.25, 0.3) is 5.24 Å². The summed E-state index contributed by atoms with van der Waals surface area (Å²) in [7, 11) is 0. The third-order valence-corrected chi connectivity index (χ3v) is 3.97. The highest BCUT2D eigenvalue weighted by Crippen LogP contribution is 2.42. The van der Waals surface area contributed by atoms with Gasteiger partial charge in [-0.2, -0.15) is 0 Å². The molecule has 15 heavy (non-hydrogen) atoms. The van der Waals surface area contributed by atoms with Crippen molar-refractivity contribution < 1.29 is 9.59 Å². The zero-order valence-corrected chi connectivity index (χ0v) is 10.4. The van der Waals surface area contributed by atoms with E-state index in [0.29, 0.717) is 11.8 Å². The largest absolute Gasteiger partial charge is 0.289 e. The molecular formula is C12H19ClO2. The van der Waals surface area contributed by atoms with Gasteiger partial charge in [0.05, 0.1) is 0 Å². The van der Waals surface area contributed by atoms with E-state index in [2.05, 4.69) is 13.8 Å². The lowest BCUT2D eigenvalue weighted by atomic mass is 9.67. The normalized spacial score (nSPS) is 31.7. The first kappa shape index (κ1) is 12.7. The molecule has 0 bridgehead atoms. The fraction of sp³-hybridized carbons (Fsp3) is 0.833. The van der Waals surface area contributed by atoms with Gasteiger partial charge in [-0.05, 0) is 49.1 Å². The second kappa shape index (κ2) is 4.65. The van der Waals surface area contributed by atoms with Crippen molar-refractivity contribution >= 4 is 22.6 Å². The molecule has 0 N–H and O–H groups in total. The van der Waals surface area contributed by atoms with Gasteiger partial charge in [0.2, 0.25) is 5.78 Å². The molecule has 0 spiro atoms. The van der Waals surface area contributed by atoms with Crippen LogP contribution in [0, 0.1) is 17.3 Å². The number of carbonyl (C=O) groups excluding carboxylic acids is 2. The fourth-order valence-corrected chi connectivity index (χ4v) is 2.64. The maximum Gasteiger partial charge on any atom is 0.288 e. The first-order chi connectivity index (χ1) is 6.87. The van der Waals surface area contributed by atoms with E-state index in [1.807, 2.05) is 6.92 Å². The van der Waals surface area contributed by atoms with Gasteiger partial charge < -0.3 is 0 Å². The van der Waals surface area contributed by atoms with Crippen molar-refractivity contribution in [1.82, 2.24) is 0 Å². The number of hydrogen-bond acceptors (Lipinski definition) is 2. The predicted octanol–water partition coefficient (Wildman–Crippen LogP) is 3.17. The molecule has 0 aromatic heterocycles. The van der Waals surface area contributed by atoms with Gasteiger partial charge in [0.15, 0.2) is 0 Å². The van der Waals surface area contributed by atoms with E-state index >= 15 is 0 Å². The first-order valence-corrected chi connectivity index (χ1v) is 5.99. The molecule has 1 aliphatic carbocycles. The Morgan fingerprint density at radius 3 is 2.07 bits per heavy atom. The van der Waals surface area contributed by atoms with E-state index < -0.39 is 16.4 Å². The van der Waals surface area contributed by atoms with E-state index in [1.165, 1.54) is 0 Å². The summed E-state index contributed by atoms with van der Waals surface area (Å²) in [4.78, 5) is 22.5. The minimum Gasteiger partial charge on any atom is -0.289 e. The summed E-state index contributed by atoms with van der Waals surface area (Å²) in [5, 5.41) is -0.805. The summed E-state index contributed by atoms with van der Waals surface area (Å²) in [6.07, 6.45) is 3.66. The average molecular weight is 231 g/mol. The van der Waals surface area contributed by atoms with E-state index in [4.69, 9.17) is 11.6 Å². The van der Waals surface area contributed by atoms with Gasteiger partial charge in [-0.25, -0.2) is 0 Å². The van der Waals surface area contributed by atoms with Gasteiger partial charge in [0.1, 0.15) is 0 Å². The quantitative estimate of drug-likeness (QED) is 0.551. The minimum absolute atomic E-state index is 0.397. The van der Waals surface area contributed by atoms with Crippen molar-refractivity contribution in [2.24, 2.45) is 17.3 Å². The van der Waals surface area contributed by atoms with Crippen molar-refractivity contribution in [2.75, 3.05) is 0 Å². The Morgan fingerprint density at radius 1 is 1.27 bits per heavy atom. The molecule has 0 aromatic rings. The lowest BCUT2D eigenvalue weighted by molar-refractivity contribution is -0.139. The molecule has 0 atom stereocenters. The van der Waals surface area contributed by atoms with Crippen LogP contribution in [0.15, 0.2) is 0 Å². The monoisotopic (exact) mass is 230 g/mol. The molecule has 3 heteroatoms. The molecule has 1 saturated carbocycles. The Hall–Kier alpha value is -0.370. The summed E-state index contributed by atoms with van der Waals surface area (Å²) < 4.78 is 0. The standard InChI is InChI=1S/C12H19ClO2/c1-8(2)9-4-6-12(3,7-5-9)10(14)11(13)15/h8-9H,4-7H2,1-3H3. The van der Waals surface area contributed by atoms with E-state index in [-0.39, 0.29) is 0 Å². The van der Waals surface area contributed by atoms with Gasteiger partial charge in [0, 0.05) is 5.41 Å². The van der Waals surface area contributed by atoms with Crippen molar-refractivity contribution in [3.63, 3.8) is 0 Å². The molecule has 0 aromatic carbocycles. The zero-order valence-electron chi connectivity index (χ0n) is 9.68. The first-order valence-electron chi connectivity index (χ1n) is 5.61. The van der Waals surface area contributed by atoms with Crippen LogP contribution in [-0.2, 0) is 9.59 Å². The second-order valence-electron chi connectivity index (χ2n) is 5.24. The average Bonchev–Trinajstić information content (AvgIpc) is 2.17. The van der Waals surface area contributed by atoms with E-state index in [9.17, 15) is 9.59 Å². The second-order valence-corrected chi connectivity index (χ2v) is 5.59. The van der Waals surface area contributed by atoms with Gasteiger partial charge in [-0.1, -0.05) is 20.8 Å². The van der Waals surface area contributed by atoms with Crippen LogP contribution in [0.3, 0.4) is 0 Å². The molecular weight excluding hydrogens is 212 g/mol. The number of carbonyl (C=O) groups is 2. The minimum atomic E-state index is -0.805. The van der Waals surface area contributed by atoms with Crippen LogP contribution in [0.5, 0.6) is 0 Å². The van der Waals surface area contributed by atoms with Crippen LogP contribution in [0.25, 0.3) is 0 Å². The summed E-state index contributed by atoms with van der Waals surface area (Å²) in [6.45, 7) is 6.29. The lowest BCUT2D eigenvalue weighted by Crippen LogP contribution is -2.36. The molecule has 1 rings (SSSR count). The maximum absolute atomic E-state index is 11.6. The number of Topliss-reactive ketones (excluding diaryl/α,β-unsaturated/α-hetero) is 1. The molecule has 0 amide bonds. The molecule has 0 saturated heterocycles. The molecule has 1 aliphatic rings. The summed E-state index contributed by atoms with van der Waals surface area (Å²) in [5.41, 5.74) is -0.496. The van der Waals surface area contributed by atoms with E-state index in [1.54, 1.807) is 0 Å². The Balaban J connectivity index is 2.62. The van der Waals surface area contributed by atoms with Gasteiger partial charge >= 0.3 is 0 Å². The molecule has 1 fully saturated rings. The van der Waals surface area contributed by atoms with Crippen LogP contribution in [-0.4, -0.2) is 11.0 Å². The lowest BCUT2D eigenvalue weighted by Gasteiger charge is -2.36. The number of halogens is 1. The summed E-state index contributed by atoms with van der Waals surface area (Å²) in [5.74, 6) is 0.957. The molecule has 0 unspecified atom stereocenters. The Bertz CT molecular complexity index is 263. The van der Waals surface area contributed by atoms with Crippen molar-refractivity contribution in [2.45, 2.75) is 46.5 Å². The van der Waals surface area contributed by atoms with Crippen LogP contribution in [0.1, 0.15) is 46.5 Å². The van der Waals surface area contributed by atoms with Gasteiger partial charge in [-0.3, -0.25) is 9.59 Å². The highest BCUT2D eigenvalue weighted by Gasteiger charge is 2.40. The highest BCUT2D eigenvalue weighted by atomic mass is 35.5. The number of rotatable bonds is 3. The Morgan fingerprint density at radius 2 is 1.73 bits per heavy atom. The predicted molar refractivity (Wildman–Crippen MR) is 60.8 cm³/mol. The summed E-state index contributed by atoms with van der Waals surface area (Å²) >= 11 is 5.26. The van der Waals surface area contributed by atoms with Crippen LogP contribution >= 0.6 is 11.6 Å². The molecule has 0 aliphatic heterocycles. The number of ketones is 1. The maximum atomic E-state index is 11.6. The zero-order chi connectivity index (χ0) is 11.6. The van der Waals surface area contributed by atoms with Gasteiger partial charge in [-0.15, -0.1) is 0 Å². The third-order valence-electron chi connectivity index (χ3n) is 3.80. The van der Waals surface area contributed by atoms with Crippen LogP contribution in [0.2, 0.25) is 0 Å². The van der Waals surface area contributed by atoms with Crippen LogP contribution in [0.4, 0.5) is 0 Å². The molecule has 2 nitrogen and oxygen atoms in total. The SMILES string of the molecule is CC(C)C1CCC(C)(C(=O)C(=O)Cl)CC1. The Labute approximate surface area is 96.4 Å². The third kappa shape index (κ3) is 2.81. The molecule has 0 heterocycles. The van der Waals surface area contributed by atoms with Crippen molar-refractivity contribution in [3.8, 4) is 0 Å². The van der Waals surface area contributed by atoms with E-state index in [0.717, 1.165) is 25.7 Å². The van der Waals surface area contributed by atoms with Crippen molar-refractivity contribution in [1.29, 1.82) is 0 Å². The van der Waals surface area contributed by atoms with Crippen molar-refractivity contribution in [3.05, 3.63) is 0 Å². The highest BCUT2D eigenvalue weighted by molar-refractivity contribution is 6.81. The topological polar surface area (TPSA) is 34.1 Å². The van der Waals surface area contributed by atoms with Crippen LogP contribution < -0.4 is 0 Å². The summed E-state index contributed by atoms with van der Waals surface area (Å²) in [6, 6.07) is 0. The molecule has 86 valence electrons. The fourth-order valence-electron chi connectivity index (χ4n) is 2.41. The smallest absolute Gasteiger partial charge is 0.288 e.